The van der Waals surface area contributed by atoms with Crippen molar-refractivity contribution in [3.63, 3.8) is 0 Å². The predicted octanol–water partition coefficient (Wildman–Crippen LogP) is 5.44. The molecule has 1 aliphatic carbocycles. The van der Waals surface area contributed by atoms with Gasteiger partial charge in [-0.15, -0.1) is 5.10 Å². The van der Waals surface area contributed by atoms with Crippen molar-refractivity contribution in [2.45, 2.75) is 52.2 Å². The van der Waals surface area contributed by atoms with Crippen LogP contribution in [0, 0.1) is 0 Å². The molecule has 1 N–H and O–H groups in total. The molecule has 0 atom stereocenters. The van der Waals surface area contributed by atoms with E-state index in [1.165, 1.54) is 11.3 Å². The number of amides is 1. The van der Waals surface area contributed by atoms with Gasteiger partial charge in [-0.25, -0.2) is 14.6 Å². The number of hydrogen-bond acceptors (Lipinski definition) is 8. The number of aromatic amines is 1. The highest BCUT2D eigenvalue weighted by Gasteiger charge is 2.25. The van der Waals surface area contributed by atoms with E-state index < -0.39 is 11.9 Å². The SMILES string of the molecule is CCc1nn(Cc2ccc(-c3ccccc3-c3nnn[nH]3)cc2)c(=NC(=O)C2=C(C(=O)OCc3ccccc3)CCCC2)s1. The number of aromatic nitrogens is 6. The Kier molecular flexibility index (Phi) is 8.93. The van der Waals surface area contributed by atoms with Crippen LogP contribution in [0.3, 0.4) is 0 Å². The van der Waals surface area contributed by atoms with Gasteiger partial charge in [0, 0.05) is 16.7 Å². The molecule has 0 saturated heterocycles. The van der Waals surface area contributed by atoms with Crippen molar-refractivity contribution >= 4 is 23.2 Å². The highest BCUT2D eigenvalue weighted by molar-refractivity contribution is 7.08. The van der Waals surface area contributed by atoms with E-state index in [9.17, 15) is 9.59 Å². The molecule has 0 radical (unpaired) electrons. The molecule has 10 nitrogen and oxygen atoms in total. The van der Waals surface area contributed by atoms with Crippen molar-refractivity contribution in [3.8, 4) is 22.5 Å². The lowest BCUT2D eigenvalue weighted by atomic mass is 9.91. The highest BCUT2D eigenvalue weighted by Crippen LogP contribution is 2.30. The largest absolute Gasteiger partial charge is 0.457 e. The Labute approximate surface area is 258 Å². The molecule has 0 unspecified atom stereocenters. The molecule has 0 aliphatic heterocycles. The monoisotopic (exact) mass is 605 g/mol. The van der Waals surface area contributed by atoms with E-state index in [0.717, 1.165) is 52.1 Å². The first kappa shape index (κ1) is 29.1. The van der Waals surface area contributed by atoms with Gasteiger partial charge in [-0.05, 0) is 64.8 Å². The predicted molar refractivity (Wildman–Crippen MR) is 166 cm³/mol. The number of nitrogens with one attached hydrogen (secondary N) is 1. The Morgan fingerprint density at radius 2 is 1.64 bits per heavy atom. The van der Waals surface area contributed by atoms with Gasteiger partial charge in [0.15, 0.2) is 5.82 Å². The van der Waals surface area contributed by atoms with E-state index in [1.54, 1.807) is 4.68 Å². The molecule has 2 heterocycles. The zero-order valence-corrected chi connectivity index (χ0v) is 25.1. The molecule has 0 saturated carbocycles. The lowest BCUT2D eigenvalue weighted by Gasteiger charge is -2.17. The Morgan fingerprint density at radius 1 is 0.909 bits per heavy atom. The van der Waals surface area contributed by atoms with Crippen LogP contribution in [0.2, 0.25) is 0 Å². The maximum atomic E-state index is 13.5. The minimum absolute atomic E-state index is 0.165. The molecule has 44 heavy (non-hydrogen) atoms. The summed E-state index contributed by atoms with van der Waals surface area (Å²) in [6, 6.07) is 25.6. The topological polar surface area (TPSA) is 128 Å². The summed E-state index contributed by atoms with van der Waals surface area (Å²) in [5.41, 5.74) is 5.73. The molecule has 5 aromatic rings. The van der Waals surface area contributed by atoms with Crippen LogP contribution in [0.5, 0.6) is 0 Å². The third-order valence-electron chi connectivity index (χ3n) is 7.47. The fourth-order valence-corrected chi connectivity index (χ4v) is 6.02. The summed E-state index contributed by atoms with van der Waals surface area (Å²) < 4.78 is 7.34. The van der Waals surface area contributed by atoms with E-state index in [1.807, 2.05) is 85.8 Å². The number of rotatable bonds is 9. The Hall–Kier alpha value is -5.03. The molecule has 0 spiro atoms. The normalized spacial score (nSPS) is 13.7. The number of aryl methyl sites for hydroxylation is 1. The van der Waals surface area contributed by atoms with Crippen LogP contribution in [-0.2, 0) is 33.9 Å². The van der Waals surface area contributed by atoms with Crippen LogP contribution in [0.4, 0.5) is 0 Å². The molecule has 6 rings (SSSR count). The van der Waals surface area contributed by atoms with E-state index in [0.29, 0.717) is 41.2 Å². The molecule has 0 fully saturated rings. The Bertz CT molecular complexity index is 1860. The highest BCUT2D eigenvalue weighted by atomic mass is 32.1. The number of ether oxygens (including phenoxy) is 1. The van der Waals surface area contributed by atoms with Crippen molar-refractivity contribution < 1.29 is 14.3 Å². The molecule has 1 aliphatic rings. The van der Waals surface area contributed by atoms with Crippen molar-refractivity contribution in [2.75, 3.05) is 0 Å². The molecule has 0 bridgehead atoms. The van der Waals surface area contributed by atoms with E-state index in [4.69, 9.17) is 9.84 Å². The molecule has 222 valence electrons. The van der Waals surface area contributed by atoms with Crippen LogP contribution >= 0.6 is 11.3 Å². The second-order valence-electron chi connectivity index (χ2n) is 10.4. The second-order valence-corrected chi connectivity index (χ2v) is 11.5. The maximum absolute atomic E-state index is 13.5. The average Bonchev–Trinajstić information content (AvgIpc) is 3.75. The summed E-state index contributed by atoms with van der Waals surface area (Å²) in [7, 11) is 0. The molecular weight excluding hydrogens is 574 g/mol. The van der Waals surface area contributed by atoms with Crippen molar-refractivity contribution in [3.05, 3.63) is 111 Å². The number of hydrogen-bond donors (Lipinski definition) is 1. The summed E-state index contributed by atoms with van der Waals surface area (Å²) in [5, 5.41) is 19.9. The minimum Gasteiger partial charge on any atom is -0.457 e. The summed E-state index contributed by atoms with van der Waals surface area (Å²) in [5.74, 6) is -0.239. The van der Waals surface area contributed by atoms with Gasteiger partial charge in [-0.2, -0.15) is 10.1 Å². The van der Waals surface area contributed by atoms with Crippen molar-refractivity contribution in [1.82, 2.24) is 30.4 Å². The fourth-order valence-electron chi connectivity index (χ4n) is 5.19. The first-order valence-electron chi connectivity index (χ1n) is 14.6. The summed E-state index contributed by atoms with van der Waals surface area (Å²) in [6.45, 7) is 2.63. The van der Waals surface area contributed by atoms with E-state index in [2.05, 4.69) is 25.6 Å². The third-order valence-corrected chi connectivity index (χ3v) is 8.56. The van der Waals surface area contributed by atoms with E-state index in [-0.39, 0.29) is 6.61 Å². The van der Waals surface area contributed by atoms with Gasteiger partial charge in [0.2, 0.25) is 4.80 Å². The molecule has 1 amide bonds. The lowest BCUT2D eigenvalue weighted by molar-refractivity contribution is -0.141. The number of esters is 1. The minimum atomic E-state index is -0.445. The number of tetrazole rings is 1. The molecular formula is C33H31N7O3S. The summed E-state index contributed by atoms with van der Waals surface area (Å²) >= 11 is 1.39. The van der Waals surface area contributed by atoms with Crippen molar-refractivity contribution in [2.24, 2.45) is 4.99 Å². The Morgan fingerprint density at radius 3 is 2.36 bits per heavy atom. The van der Waals surface area contributed by atoms with Crippen LogP contribution in [-0.4, -0.2) is 42.3 Å². The quantitative estimate of drug-likeness (QED) is 0.222. The average molecular weight is 606 g/mol. The van der Waals surface area contributed by atoms with Gasteiger partial charge < -0.3 is 4.74 Å². The third kappa shape index (κ3) is 6.63. The lowest BCUT2D eigenvalue weighted by Crippen LogP contribution is -2.22. The number of benzene rings is 3. The van der Waals surface area contributed by atoms with Crippen molar-refractivity contribution in [1.29, 1.82) is 0 Å². The van der Waals surface area contributed by atoms with Crippen LogP contribution in [0.25, 0.3) is 22.5 Å². The van der Waals surface area contributed by atoms with Crippen LogP contribution < -0.4 is 4.80 Å². The van der Waals surface area contributed by atoms with Crippen LogP contribution in [0.15, 0.2) is 95.0 Å². The standard InChI is InChI=1S/C33H31N7O3S/c1-2-29-37-40(20-22-16-18-24(19-17-22)25-12-6-7-13-26(25)30-35-38-39-36-30)33(44-29)34-31(41)27-14-8-9-15-28(27)32(42)43-21-23-10-4-3-5-11-23/h3-7,10-13,16-19H,2,8-9,14-15,20-21H2,1H3,(H,35,36,38,39). The summed E-state index contributed by atoms with van der Waals surface area (Å²) in [6.07, 6.45) is 3.40. The number of carbonyl (C=O) groups is 2. The molecule has 3 aromatic carbocycles. The Balaban J connectivity index is 1.23. The second kappa shape index (κ2) is 13.5. The maximum Gasteiger partial charge on any atom is 0.334 e. The zero-order valence-electron chi connectivity index (χ0n) is 24.3. The number of H-pyrrole nitrogens is 1. The van der Waals surface area contributed by atoms with Gasteiger partial charge in [0.1, 0.15) is 11.6 Å². The van der Waals surface area contributed by atoms with Gasteiger partial charge in [0.05, 0.1) is 6.54 Å². The fraction of sp³-hybridized carbons (Fsp3) is 0.242. The van der Waals surface area contributed by atoms with Gasteiger partial charge in [-0.3, -0.25) is 4.79 Å². The van der Waals surface area contributed by atoms with Gasteiger partial charge in [-0.1, -0.05) is 97.1 Å². The summed E-state index contributed by atoms with van der Waals surface area (Å²) in [4.78, 5) is 31.5. The first-order valence-corrected chi connectivity index (χ1v) is 15.4. The van der Waals surface area contributed by atoms with Gasteiger partial charge in [0.25, 0.3) is 5.91 Å². The number of carbonyl (C=O) groups excluding carboxylic acids is 2. The van der Waals surface area contributed by atoms with Crippen LogP contribution in [0.1, 0.15) is 48.7 Å². The first-order chi connectivity index (χ1) is 21.6. The number of nitrogens with zero attached hydrogens (tertiary/aromatic N) is 6. The zero-order chi connectivity index (χ0) is 30.3. The molecule has 2 aromatic heterocycles. The van der Waals surface area contributed by atoms with Gasteiger partial charge >= 0.3 is 5.97 Å². The van der Waals surface area contributed by atoms with E-state index >= 15 is 0 Å². The molecule has 11 heteroatoms. The smallest absolute Gasteiger partial charge is 0.334 e.